The van der Waals surface area contributed by atoms with Gasteiger partial charge in [-0.2, -0.15) is 0 Å². The molecule has 20 heavy (non-hydrogen) atoms. The summed E-state index contributed by atoms with van der Waals surface area (Å²) in [5, 5.41) is 10.9. The molecule has 0 aliphatic heterocycles. The first-order chi connectivity index (χ1) is 9.66. The molecule has 2 N–H and O–H groups in total. The first-order valence-corrected chi connectivity index (χ1v) is 5.96. The van der Waals surface area contributed by atoms with E-state index in [9.17, 15) is 9.59 Å². The molecule has 0 radical (unpaired) electrons. The first-order valence-electron chi connectivity index (χ1n) is 5.96. The highest BCUT2D eigenvalue weighted by atomic mass is 16.5. The van der Waals surface area contributed by atoms with E-state index < -0.39 is 5.97 Å². The van der Waals surface area contributed by atoms with Gasteiger partial charge in [0.2, 0.25) is 0 Å². The SMILES string of the molecule is O=C(O)COCCNC(=O)c1cnc2ccccc2n1. The molecule has 0 bridgehead atoms. The summed E-state index contributed by atoms with van der Waals surface area (Å²) in [6.45, 7) is -0.0503. The van der Waals surface area contributed by atoms with Crippen LogP contribution < -0.4 is 5.32 Å². The third kappa shape index (κ3) is 3.72. The third-order valence-corrected chi connectivity index (χ3v) is 2.44. The molecule has 0 unspecified atom stereocenters. The predicted octanol–water partition coefficient (Wildman–Crippen LogP) is 0.461. The van der Waals surface area contributed by atoms with Crippen LogP contribution in [0.2, 0.25) is 0 Å². The van der Waals surface area contributed by atoms with Crippen LogP contribution in [-0.2, 0) is 9.53 Å². The lowest BCUT2D eigenvalue weighted by Gasteiger charge is -2.05. The van der Waals surface area contributed by atoms with Gasteiger partial charge in [-0.05, 0) is 12.1 Å². The van der Waals surface area contributed by atoms with Crippen LogP contribution in [0, 0.1) is 0 Å². The maximum atomic E-state index is 11.8. The van der Waals surface area contributed by atoms with Crippen LogP contribution in [0.15, 0.2) is 30.5 Å². The topological polar surface area (TPSA) is 101 Å². The van der Waals surface area contributed by atoms with Crippen molar-refractivity contribution in [1.29, 1.82) is 0 Å². The van der Waals surface area contributed by atoms with Gasteiger partial charge in [0.1, 0.15) is 12.3 Å². The zero-order valence-electron chi connectivity index (χ0n) is 10.6. The Morgan fingerprint density at radius 3 is 2.75 bits per heavy atom. The van der Waals surface area contributed by atoms with Crippen molar-refractivity contribution < 1.29 is 19.4 Å². The average molecular weight is 275 g/mol. The molecule has 2 rings (SSSR count). The minimum absolute atomic E-state index is 0.124. The van der Waals surface area contributed by atoms with Crippen molar-refractivity contribution >= 4 is 22.9 Å². The van der Waals surface area contributed by atoms with Crippen LogP contribution in [0.3, 0.4) is 0 Å². The molecule has 0 aliphatic carbocycles. The zero-order valence-corrected chi connectivity index (χ0v) is 10.6. The van der Waals surface area contributed by atoms with Crippen molar-refractivity contribution in [3.05, 3.63) is 36.2 Å². The Bertz CT molecular complexity index is 630. The van der Waals surface area contributed by atoms with Crippen LogP contribution in [-0.4, -0.2) is 46.7 Å². The number of carboxylic acid groups (broad SMARTS) is 1. The van der Waals surface area contributed by atoms with E-state index >= 15 is 0 Å². The summed E-state index contributed by atoms with van der Waals surface area (Å²) in [5.74, 6) is -1.42. The first kappa shape index (κ1) is 13.9. The van der Waals surface area contributed by atoms with E-state index in [0.717, 1.165) is 0 Å². The van der Waals surface area contributed by atoms with Crippen LogP contribution in [0.25, 0.3) is 11.0 Å². The molecule has 1 heterocycles. The molecule has 0 fully saturated rings. The predicted molar refractivity (Wildman–Crippen MR) is 70.3 cm³/mol. The standard InChI is InChI=1S/C13H13N3O4/c17-12(18)8-20-6-5-14-13(19)11-7-15-9-3-1-2-4-10(9)16-11/h1-4,7H,5-6,8H2,(H,14,19)(H,17,18). The number of carbonyl (C=O) groups is 2. The third-order valence-electron chi connectivity index (χ3n) is 2.44. The number of ether oxygens (including phenoxy) is 1. The molecule has 0 atom stereocenters. The van der Waals surface area contributed by atoms with E-state index in [0.29, 0.717) is 11.0 Å². The molecule has 104 valence electrons. The number of benzene rings is 1. The van der Waals surface area contributed by atoms with Crippen molar-refractivity contribution in [1.82, 2.24) is 15.3 Å². The number of fused-ring (bicyclic) bond motifs is 1. The highest BCUT2D eigenvalue weighted by Gasteiger charge is 2.08. The molecule has 0 saturated carbocycles. The van der Waals surface area contributed by atoms with Crippen molar-refractivity contribution in [2.45, 2.75) is 0 Å². The van der Waals surface area contributed by atoms with Crippen LogP contribution in [0.5, 0.6) is 0 Å². The molecule has 7 nitrogen and oxygen atoms in total. The molecule has 7 heteroatoms. The summed E-state index contributed by atoms with van der Waals surface area (Å²) >= 11 is 0. The summed E-state index contributed by atoms with van der Waals surface area (Å²) in [4.78, 5) is 30.3. The Kier molecular flexibility index (Phi) is 4.56. The van der Waals surface area contributed by atoms with E-state index in [1.54, 1.807) is 6.07 Å². The van der Waals surface area contributed by atoms with Gasteiger partial charge in [0.25, 0.3) is 5.91 Å². The van der Waals surface area contributed by atoms with Crippen LogP contribution in [0.4, 0.5) is 0 Å². The fourth-order valence-corrected chi connectivity index (χ4v) is 1.55. The number of aromatic nitrogens is 2. The van der Waals surface area contributed by atoms with Gasteiger partial charge in [0, 0.05) is 6.54 Å². The van der Waals surface area contributed by atoms with Crippen molar-refractivity contribution in [3.63, 3.8) is 0 Å². The lowest BCUT2D eigenvalue weighted by atomic mass is 10.3. The monoisotopic (exact) mass is 275 g/mol. The molecular weight excluding hydrogens is 262 g/mol. The average Bonchev–Trinajstić information content (AvgIpc) is 2.46. The van der Waals surface area contributed by atoms with Gasteiger partial charge in [0.15, 0.2) is 0 Å². The number of nitrogens with one attached hydrogen (secondary N) is 1. The Labute approximate surface area is 114 Å². The van der Waals surface area contributed by atoms with Crippen LogP contribution in [0.1, 0.15) is 10.5 Å². The normalized spacial score (nSPS) is 10.4. The maximum Gasteiger partial charge on any atom is 0.329 e. The molecule has 1 amide bonds. The van der Waals surface area contributed by atoms with E-state index in [-0.39, 0.29) is 31.4 Å². The highest BCUT2D eigenvalue weighted by Crippen LogP contribution is 2.08. The molecule has 2 aromatic rings. The molecular formula is C13H13N3O4. The van der Waals surface area contributed by atoms with Gasteiger partial charge in [0.05, 0.1) is 23.8 Å². The lowest BCUT2D eigenvalue weighted by molar-refractivity contribution is -0.142. The largest absolute Gasteiger partial charge is 0.480 e. The smallest absolute Gasteiger partial charge is 0.329 e. The second-order valence-corrected chi connectivity index (χ2v) is 3.95. The second-order valence-electron chi connectivity index (χ2n) is 3.95. The number of amides is 1. The van der Waals surface area contributed by atoms with Gasteiger partial charge in [-0.15, -0.1) is 0 Å². The molecule has 0 saturated heterocycles. The minimum atomic E-state index is -1.04. The van der Waals surface area contributed by atoms with Crippen molar-refractivity contribution in [2.24, 2.45) is 0 Å². The minimum Gasteiger partial charge on any atom is -0.480 e. The summed E-state index contributed by atoms with van der Waals surface area (Å²) in [6, 6.07) is 7.24. The number of hydrogen-bond acceptors (Lipinski definition) is 5. The van der Waals surface area contributed by atoms with Gasteiger partial charge < -0.3 is 15.2 Å². The lowest BCUT2D eigenvalue weighted by Crippen LogP contribution is -2.28. The van der Waals surface area contributed by atoms with Gasteiger partial charge in [-0.1, -0.05) is 12.1 Å². The number of hydrogen-bond donors (Lipinski definition) is 2. The maximum absolute atomic E-state index is 11.8. The molecule has 1 aromatic heterocycles. The number of carboxylic acids is 1. The summed E-state index contributed by atoms with van der Waals surface area (Å²) < 4.78 is 4.80. The van der Waals surface area contributed by atoms with Gasteiger partial charge in [-0.25, -0.2) is 9.78 Å². The van der Waals surface area contributed by atoms with Crippen LogP contribution >= 0.6 is 0 Å². The zero-order chi connectivity index (χ0) is 14.4. The fourth-order valence-electron chi connectivity index (χ4n) is 1.55. The van der Waals surface area contributed by atoms with Gasteiger partial charge in [-0.3, -0.25) is 9.78 Å². The number of aliphatic carboxylic acids is 1. The Balaban J connectivity index is 1.89. The van der Waals surface area contributed by atoms with Crippen molar-refractivity contribution in [3.8, 4) is 0 Å². The Hall–Kier alpha value is -2.54. The quantitative estimate of drug-likeness (QED) is 0.743. The number of rotatable bonds is 6. The number of nitrogens with zero attached hydrogens (tertiary/aromatic N) is 2. The molecule has 0 spiro atoms. The van der Waals surface area contributed by atoms with E-state index in [1.807, 2.05) is 18.2 Å². The van der Waals surface area contributed by atoms with E-state index in [1.165, 1.54) is 6.20 Å². The fraction of sp³-hybridized carbons (Fsp3) is 0.231. The summed E-state index contributed by atoms with van der Waals surface area (Å²) in [5.41, 5.74) is 1.57. The second kappa shape index (κ2) is 6.58. The number of para-hydroxylation sites is 2. The molecule has 0 aliphatic rings. The van der Waals surface area contributed by atoms with Crippen molar-refractivity contribution in [2.75, 3.05) is 19.8 Å². The van der Waals surface area contributed by atoms with E-state index in [4.69, 9.17) is 9.84 Å². The van der Waals surface area contributed by atoms with E-state index in [2.05, 4.69) is 15.3 Å². The summed E-state index contributed by atoms with van der Waals surface area (Å²) in [7, 11) is 0. The number of carbonyl (C=O) groups excluding carboxylic acids is 1. The van der Waals surface area contributed by atoms with Gasteiger partial charge >= 0.3 is 5.97 Å². The molecule has 1 aromatic carbocycles. The highest BCUT2D eigenvalue weighted by molar-refractivity contribution is 5.93. The Morgan fingerprint density at radius 2 is 2.00 bits per heavy atom. The summed E-state index contributed by atoms with van der Waals surface area (Å²) in [6.07, 6.45) is 1.40. The Morgan fingerprint density at radius 1 is 1.25 bits per heavy atom.